The Bertz CT molecular complexity index is 1010. The molecule has 2 aromatic carbocycles. The number of benzene rings is 2. The molecule has 0 radical (unpaired) electrons. The summed E-state index contributed by atoms with van der Waals surface area (Å²) in [6.45, 7) is 1.95. The first-order valence-electron chi connectivity index (χ1n) is 8.70. The molecule has 0 spiro atoms. The number of nitrogens with zero attached hydrogens (tertiary/aromatic N) is 1. The number of hydrogen-bond acceptors (Lipinski definition) is 3. The number of rotatable bonds is 4. The molecule has 0 unspecified atom stereocenters. The van der Waals surface area contributed by atoms with Crippen LogP contribution in [0.25, 0.3) is 0 Å². The van der Waals surface area contributed by atoms with E-state index in [0.717, 1.165) is 22.0 Å². The summed E-state index contributed by atoms with van der Waals surface area (Å²) in [4.78, 5) is 11.8. The Balaban J connectivity index is 1.65. The summed E-state index contributed by atoms with van der Waals surface area (Å²) < 4.78 is 53.5. The summed E-state index contributed by atoms with van der Waals surface area (Å²) in [7, 11) is -4.16. The van der Waals surface area contributed by atoms with Crippen LogP contribution in [0, 0.1) is 24.5 Å². The Morgan fingerprint density at radius 1 is 1.14 bits per heavy atom. The molecule has 5 nitrogen and oxygen atoms in total. The van der Waals surface area contributed by atoms with Gasteiger partial charge in [-0.25, -0.2) is 17.2 Å². The van der Waals surface area contributed by atoms with Gasteiger partial charge in [-0.3, -0.25) is 4.79 Å². The number of carbonyl (C=O) groups is 1. The van der Waals surface area contributed by atoms with E-state index in [1.165, 1.54) is 0 Å². The summed E-state index contributed by atoms with van der Waals surface area (Å²) in [6, 6.07) is 7.51. The molecule has 1 heterocycles. The van der Waals surface area contributed by atoms with Gasteiger partial charge in [0.15, 0.2) is 0 Å². The molecule has 2 aromatic rings. The third-order valence-corrected chi connectivity index (χ3v) is 7.10. The van der Waals surface area contributed by atoms with Crippen molar-refractivity contribution in [2.45, 2.75) is 24.7 Å². The quantitative estimate of drug-likeness (QED) is 0.801. The number of halogens is 3. The molecule has 0 atom stereocenters. The van der Waals surface area contributed by atoms with E-state index in [9.17, 15) is 22.0 Å². The monoisotopic (exact) mass is 428 g/mol. The Morgan fingerprint density at radius 2 is 1.82 bits per heavy atom. The van der Waals surface area contributed by atoms with Gasteiger partial charge in [-0.1, -0.05) is 17.7 Å². The molecule has 0 aliphatic carbocycles. The molecular weight excluding hydrogens is 410 g/mol. The SMILES string of the molecule is Cc1ccc(NC(=O)C2CCN(S(=O)(=O)c3cc(F)ccc3F)CC2)cc1Cl. The van der Waals surface area contributed by atoms with Crippen LogP contribution in [-0.2, 0) is 14.8 Å². The number of piperidine rings is 1. The molecule has 1 aliphatic rings. The van der Waals surface area contributed by atoms with Crippen molar-refractivity contribution < 1.29 is 22.0 Å². The van der Waals surface area contributed by atoms with E-state index in [-0.39, 0.29) is 37.8 Å². The van der Waals surface area contributed by atoms with Crippen LogP contribution in [0.3, 0.4) is 0 Å². The number of sulfonamides is 1. The third-order valence-electron chi connectivity index (χ3n) is 4.78. The fourth-order valence-electron chi connectivity index (χ4n) is 3.09. The highest BCUT2D eigenvalue weighted by Crippen LogP contribution is 2.27. The van der Waals surface area contributed by atoms with E-state index in [4.69, 9.17) is 11.6 Å². The lowest BCUT2D eigenvalue weighted by Gasteiger charge is -2.30. The van der Waals surface area contributed by atoms with Gasteiger partial charge in [-0.2, -0.15) is 4.31 Å². The molecular formula is C19H19ClF2N2O3S. The van der Waals surface area contributed by atoms with Gasteiger partial charge in [0.05, 0.1) is 0 Å². The van der Waals surface area contributed by atoms with Crippen LogP contribution in [0.2, 0.25) is 5.02 Å². The van der Waals surface area contributed by atoms with Crippen molar-refractivity contribution in [2.24, 2.45) is 5.92 Å². The van der Waals surface area contributed by atoms with E-state index < -0.39 is 26.6 Å². The Morgan fingerprint density at radius 3 is 2.46 bits per heavy atom. The van der Waals surface area contributed by atoms with Crippen LogP contribution >= 0.6 is 11.6 Å². The molecule has 9 heteroatoms. The zero-order valence-electron chi connectivity index (χ0n) is 15.1. The second-order valence-electron chi connectivity index (χ2n) is 6.71. The maximum Gasteiger partial charge on any atom is 0.246 e. The first-order chi connectivity index (χ1) is 13.2. The summed E-state index contributed by atoms with van der Waals surface area (Å²) in [5.41, 5.74) is 1.46. The van der Waals surface area contributed by atoms with Gasteiger partial charge in [0.2, 0.25) is 15.9 Å². The molecule has 0 aromatic heterocycles. The van der Waals surface area contributed by atoms with E-state index in [2.05, 4.69) is 5.32 Å². The fourth-order valence-corrected chi connectivity index (χ4v) is 4.81. The molecule has 1 amide bonds. The lowest BCUT2D eigenvalue weighted by atomic mass is 9.97. The Labute approximate surface area is 167 Å². The van der Waals surface area contributed by atoms with E-state index >= 15 is 0 Å². The van der Waals surface area contributed by atoms with Crippen LogP contribution in [0.4, 0.5) is 14.5 Å². The van der Waals surface area contributed by atoms with Gasteiger partial charge >= 0.3 is 0 Å². The maximum absolute atomic E-state index is 13.9. The number of hydrogen-bond donors (Lipinski definition) is 1. The first kappa shape index (κ1) is 20.7. The van der Waals surface area contributed by atoms with E-state index in [0.29, 0.717) is 16.8 Å². The fraction of sp³-hybridized carbons (Fsp3) is 0.316. The normalized spacial score (nSPS) is 16.1. The zero-order valence-corrected chi connectivity index (χ0v) is 16.7. The largest absolute Gasteiger partial charge is 0.326 e. The number of aryl methyl sites for hydroxylation is 1. The summed E-state index contributed by atoms with van der Waals surface area (Å²) in [5, 5.41) is 3.32. The topological polar surface area (TPSA) is 66.5 Å². The highest BCUT2D eigenvalue weighted by Gasteiger charge is 2.33. The summed E-state index contributed by atoms with van der Waals surface area (Å²) >= 11 is 6.05. The molecule has 150 valence electrons. The standard InChI is InChI=1S/C19H19ClF2N2O3S/c1-12-2-4-15(11-16(12)20)23-19(25)13-6-8-24(9-7-13)28(26,27)18-10-14(21)3-5-17(18)22/h2-5,10-11,13H,6-9H2,1H3,(H,23,25). The van der Waals surface area contributed by atoms with Crippen molar-refractivity contribution in [1.29, 1.82) is 0 Å². The van der Waals surface area contributed by atoms with Crippen molar-refractivity contribution >= 4 is 33.2 Å². The second kappa shape index (κ2) is 8.14. The number of carbonyl (C=O) groups excluding carboxylic acids is 1. The molecule has 1 fully saturated rings. The van der Waals surface area contributed by atoms with E-state index in [1.54, 1.807) is 18.2 Å². The van der Waals surface area contributed by atoms with Crippen molar-refractivity contribution in [3.63, 3.8) is 0 Å². The highest BCUT2D eigenvalue weighted by atomic mass is 35.5. The lowest BCUT2D eigenvalue weighted by Crippen LogP contribution is -2.41. The number of anilines is 1. The van der Waals surface area contributed by atoms with Gasteiger partial charge in [-0.05, 0) is 55.7 Å². The summed E-state index contributed by atoms with van der Waals surface area (Å²) in [5.74, 6) is -2.44. The predicted molar refractivity (Wildman–Crippen MR) is 103 cm³/mol. The molecule has 1 aliphatic heterocycles. The molecule has 28 heavy (non-hydrogen) atoms. The second-order valence-corrected chi connectivity index (χ2v) is 9.02. The smallest absolute Gasteiger partial charge is 0.246 e. The lowest BCUT2D eigenvalue weighted by molar-refractivity contribution is -0.120. The average Bonchev–Trinajstić information content (AvgIpc) is 2.66. The van der Waals surface area contributed by atoms with Crippen molar-refractivity contribution in [1.82, 2.24) is 4.31 Å². The minimum Gasteiger partial charge on any atom is -0.326 e. The zero-order chi connectivity index (χ0) is 20.5. The molecule has 0 saturated carbocycles. The summed E-state index contributed by atoms with van der Waals surface area (Å²) in [6.07, 6.45) is 0.559. The first-order valence-corrected chi connectivity index (χ1v) is 10.5. The highest BCUT2D eigenvalue weighted by molar-refractivity contribution is 7.89. The van der Waals surface area contributed by atoms with Crippen molar-refractivity contribution in [3.8, 4) is 0 Å². The van der Waals surface area contributed by atoms with Gasteiger partial charge < -0.3 is 5.32 Å². The van der Waals surface area contributed by atoms with Crippen LogP contribution < -0.4 is 5.32 Å². The minimum atomic E-state index is -4.16. The number of nitrogens with one attached hydrogen (secondary N) is 1. The molecule has 1 N–H and O–H groups in total. The van der Waals surface area contributed by atoms with Crippen LogP contribution in [0.15, 0.2) is 41.3 Å². The van der Waals surface area contributed by atoms with E-state index in [1.807, 2.05) is 6.92 Å². The van der Waals surface area contributed by atoms with Gasteiger partial charge in [0, 0.05) is 29.7 Å². The van der Waals surface area contributed by atoms with Crippen LogP contribution in [0.1, 0.15) is 18.4 Å². The average molecular weight is 429 g/mol. The number of amides is 1. The molecule has 0 bridgehead atoms. The third kappa shape index (κ3) is 4.34. The van der Waals surface area contributed by atoms with Crippen molar-refractivity contribution in [2.75, 3.05) is 18.4 Å². The van der Waals surface area contributed by atoms with Crippen LogP contribution in [-0.4, -0.2) is 31.7 Å². The minimum absolute atomic E-state index is 0.0467. The molecule has 1 saturated heterocycles. The Kier molecular flexibility index (Phi) is 6.02. The Hall–Kier alpha value is -2.03. The molecule has 3 rings (SSSR count). The van der Waals surface area contributed by atoms with Crippen LogP contribution in [0.5, 0.6) is 0 Å². The van der Waals surface area contributed by atoms with Gasteiger partial charge in [0.25, 0.3) is 0 Å². The van der Waals surface area contributed by atoms with Gasteiger partial charge in [0.1, 0.15) is 16.5 Å². The van der Waals surface area contributed by atoms with Gasteiger partial charge in [-0.15, -0.1) is 0 Å². The predicted octanol–water partition coefficient (Wildman–Crippen LogP) is 3.97. The van der Waals surface area contributed by atoms with Crippen molar-refractivity contribution in [3.05, 3.63) is 58.6 Å². The maximum atomic E-state index is 13.9.